The molecule has 29 heteroatoms. The molecule has 466 valence electrons. The van der Waals surface area contributed by atoms with Crippen LogP contribution in [-0.2, 0) is 47.8 Å². The molecule has 4 unspecified atom stereocenters. The van der Waals surface area contributed by atoms with Gasteiger partial charge in [0.15, 0.2) is 24.4 Å². The van der Waals surface area contributed by atoms with E-state index in [0.29, 0.717) is 19.0 Å². The molecule has 0 saturated heterocycles. The normalized spacial score (nSPS) is 14.8. The number of rotatable bonds is 31. The molecule has 20 N–H and O–H groups in total. The molecule has 0 radical (unpaired) electrons. The number of hydrogen-bond donors (Lipinski definition) is 17. The molecule has 0 aliphatic heterocycles. The average molecular weight is 1160 g/mol. The van der Waals surface area contributed by atoms with Crippen LogP contribution in [0.5, 0.6) is 0 Å². The Morgan fingerprint density at radius 2 is 0.692 bits per heavy atom. The maximum atomic E-state index is 11.9. The average Bonchev–Trinajstić information content (AvgIpc) is 3.46. The summed E-state index contributed by atoms with van der Waals surface area (Å²) in [6, 6.07) is 0. The van der Waals surface area contributed by atoms with Crippen LogP contribution in [0.3, 0.4) is 0 Å². The van der Waals surface area contributed by atoms with Crippen molar-refractivity contribution in [1.82, 2.24) is 36.8 Å². The lowest BCUT2D eigenvalue weighted by molar-refractivity contribution is -0.378. The van der Waals surface area contributed by atoms with Gasteiger partial charge in [0, 0.05) is 26.1 Å². The van der Waals surface area contributed by atoms with Gasteiger partial charge in [-0.05, 0) is 50.4 Å². The summed E-state index contributed by atoms with van der Waals surface area (Å²) in [5.41, 5.74) is 9.04. The number of nitrogens with one attached hydrogen (secondary N) is 6. The van der Waals surface area contributed by atoms with E-state index >= 15 is 0 Å². The first-order valence-electron chi connectivity index (χ1n) is 25.9. The number of quaternary nitrogens is 1. The van der Waals surface area contributed by atoms with Crippen molar-refractivity contribution in [2.24, 2.45) is 29.4 Å². The van der Waals surface area contributed by atoms with Crippen molar-refractivity contribution in [2.75, 3.05) is 93.3 Å². The van der Waals surface area contributed by atoms with Crippen LogP contribution >= 0.6 is 0 Å². The van der Waals surface area contributed by atoms with Gasteiger partial charge in [0.25, 0.3) is 23.6 Å². The third-order valence-corrected chi connectivity index (χ3v) is 11.5. The zero-order valence-electron chi connectivity index (χ0n) is 48.8. The zero-order chi connectivity index (χ0) is 61.4. The predicted molar refractivity (Wildman–Crippen MR) is 286 cm³/mol. The van der Waals surface area contributed by atoms with E-state index in [1.54, 1.807) is 0 Å². The van der Waals surface area contributed by atoms with Crippen LogP contribution in [-0.4, -0.2) is 240 Å². The van der Waals surface area contributed by atoms with E-state index in [9.17, 15) is 79.2 Å². The molecule has 12 atom stereocenters. The molecule has 0 saturated carbocycles. The molecule has 0 rings (SSSR count). The van der Waals surface area contributed by atoms with Crippen LogP contribution < -0.4 is 55.8 Å². The van der Waals surface area contributed by atoms with Crippen molar-refractivity contribution in [3.8, 4) is 0 Å². The second kappa shape index (κ2) is 55.9. The zero-order valence-corrected chi connectivity index (χ0v) is 49.5. The van der Waals surface area contributed by atoms with Gasteiger partial charge in [-0.2, -0.15) is 0 Å². The fraction of sp³-hybridized carbons (Fsp3) is 0.837. The number of aliphatic hydroxyl groups excluding tert-OH is 9. The molecule has 6 amide bonds. The van der Waals surface area contributed by atoms with Crippen LogP contribution in [0.25, 0.3) is 0 Å². The highest BCUT2D eigenvalue weighted by atomic mass is 35.5. The minimum absolute atomic E-state index is 0. The molecule has 0 fully saturated rings. The van der Waals surface area contributed by atoms with Crippen molar-refractivity contribution < 1.29 is 112 Å². The van der Waals surface area contributed by atoms with Gasteiger partial charge in [0.05, 0.1) is 33.9 Å². The molecule has 0 aromatic heterocycles. The summed E-state index contributed by atoms with van der Waals surface area (Å²) < 4.78 is 8.47. The summed E-state index contributed by atoms with van der Waals surface area (Å²) in [4.78, 5) is 94.1. The summed E-state index contributed by atoms with van der Waals surface area (Å²) in [6.45, 7) is 27.2. The lowest BCUT2D eigenvalue weighted by Crippen LogP contribution is -3.00. The van der Waals surface area contributed by atoms with Crippen molar-refractivity contribution in [3.63, 3.8) is 0 Å². The number of nitrogens with zero attached hydrogens (tertiary/aromatic N) is 1. The van der Waals surface area contributed by atoms with Crippen LogP contribution in [0.4, 0.5) is 0 Å². The number of halogens is 1. The maximum Gasteiger partial charge on any atom is 0.325 e. The Balaban J connectivity index is -0.000000190. The lowest BCUT2D eigenvalue weighted by Gasteiger charge is -2.25. The fourth-order valence-corrected chi connectivity index (χ4v) is 4.61. The summed E-state index contributed by atoms with van der Waals surface area (Å²) in [5.74, 6) is -5.47. The molecule has 0 aromatic rings. The highest BCUT2D eigenvalue weighted by Gasteiger charge is 2.39. The molecule has 0 spiro atoms. The van der Waals surface area contributed by atoms with Crippen molar-refractivity contribution in [3.05, 3.63) is 0 Å². The van der Waals surface area contributed by atoms with Crippen LogP contribution in [0.2, 0.25) is 0 Å². The van der Waals surface area contributed by atoms with Gasteiger partial charge in [-0.15, -0.1) is 0 Å². The van der Waals surface area contributed by atoms with Crippen molar-refractivity contribution in [1.29, 1.82) is 0 Å². The van der Waals surface area contributed by atoms with E-state index in [2.05, 4.69) is 89.8 Å². The minimum Gasteiger partial charge on any atom is -1.00 e. The Morgan fingerprint density at radius 3 is 0.846 bits per heavy atom. The third kappa shape index (κ3) is 46.5. The highest BCUT2D eigenvalue weighted by molar-refractivity contribution is 5.89. The Bertz CT molecular complexity index is 1440. The second-order valence-corrected chi connectivity index (χ2v) is 17.6. The SMILES string of the molecule is CCC(C)CN.CCC(C)CNC(=O)CNC(=O)[C@@H](O)[C@@H](O)[C@H](O)[C@@H](O)C(=O)NCC(=O)NCC(C)CC.CCC(C)C[NH3+].CCN(CC)CC.CO.COC(=O)CNC(=O)[C@@H](O)[C@@H](O)[C@H](O)[C@@H](O)C(=O)NCC(=O)OC.[Cl-]. The number of ether oxygens (including phenoxy) is 2. The first-order chi connectivity index (χ1) is 36.0. The summed E-state index contributed by atoms with van der Waals surface area (Å²) in [6.07, 6.45) is -13.7. The molecule has 0 bridgehead atoms. The van der Waals surface area contributed by atoms with Crippen molar-refractivity contribution >= 4 is 47.4 Å². The summed E-state index contributed by atoms with van der Waals surface area (Å²) in [7, 11) is 3.12. The topological polar surface area (TPSA) is 466 Å². The number of aliphatic hydroxyl groups is 9. The molecule has 0 aliphatic carbocycles. The predicted octanol–water partition coefficient (Wildman–Crippen LogP) is -8.78. The molecular formula is C49H104ClN9O19. The highest BCUT2D eigenvalue weighted by Crippen LogP contribution is 2.08. The van der Waals surface area contributed by atoms with Crippen LogP contribution in [0.1, 0.15) is 102 Å². The molecule has 0 aliphatic rings. The van der Waals surface area contributed by atoms with Gasteiger partial charge in [0.2, 0.25) is 11.8 Å². The number of hydrogen-bond acceptors (Lipinski definition) is 21. The third-order valence-electron chi connectivity index (χ3n) is 11.5. The number of carbonyl (C=O) groups excluding carboxylic acids is 8. The monoisotopic (exact) mass is 1160 g/mol. The standard InChI is InChI=1S/C20H38N4O8.C12H20N2O10.C6H15N.2C5H13N.CH4O.ClH/c1-5-11(3)7-21-13(25)9-23-19(31)17(29)15(27)16(28)18(30)20(32)24-10-14(26)22-8-12(4)6-2;1-23-5(15)3-13-11(21)9(19)7(17)8(18)10(20)12(22)14-4-6(16)24-2;1-4-7(5-2)6-3;2*1-3-5(2)4-6;1-2;/h11-12,15-18,27-30H,5-10H2,1-4H3,(H,21,25)(H,22,26)(H,23,31)(H,24,32);7-10,17-20H,3-4H2,1-2H3,(H,13,21)(H,14,22);4-6H2,1-3H3;2*5H,3-4,6H2,1-2H3;2H,1H3;1H/t11?,12?,15-,16-,17-,18+;7-,8-,9-,10+;;;;;/m00...../s1. The summed E-state index contributed by atoms with van der Waals surface area (Å²) >= 11 is 0. The number of esters is 2. The molecular weight excluding hydrogens is 1050 g/mol. The van der Waals surface area contributed by atoms with E-state index in [0.717, 1.165) is 53.2 Å². The van der Waals surface area contributed by atoms with Crippen LogP contribution in [0.15, 0.2) is 0 Å². The minimum atomic E-state index is -2.25. The number of methoxy groups -OCH3 is 2. The van der Waals surface area contributed by atoms with E-state index in [-0.39, 0.29) is 24.2 Å². The van der Waals surface area contributed by atoms with E-state index in [4.69, 9.17) is 10.8 Å². The summed E-state index contributed by atoms with van der Waals surface area (Å²) in [5, 5.41) is 98.0. The van der Waals surface area contributed by atoms with Gasteiger partial charge < -0.3 is 116 Å². The smallest absolute Gasteiger partial charge is 0.325 e. The molecule has 0 heterocycles. The van der Waals surface area contributed by atoms with E-state index in [1.165, 1.54) is 32.5 Å². The molecule has 28 nitrogen and oxygen atoms in total. The second-order valence-electron chi connectivity index (χ2n) is 17.6. The van der Waals surface area contributed by atoms with Gasteiger partial charge in [0.1, 0.15) is 37.5 Å². The number of amides is 6. The van der Waals surface area contributed by atoms with Crippen LogP contribution in [0, 0.1) is 23.7 Å². The first kappa shape index (κ1) is 87.4. The Hall–Kier alpha value is -4.43. The van der Waals surface area contributed by atoms with Gasteiger partial charge >= 0.3 is 11.9 Å². The lowest BCUT2D eigenvalue weighted by atomic mass is 10.0. The number of nitrogens with two attached hydrogens (primary N) is 1. The molecule has 78 heavy (non-hydrogen) atoms. The maximum absolute atomic E-state index is 11.9. The Morgan fingerprint density at radius 1 is 0.449 bits per heavy atom. The Kier molecular flexibility index (Phi) is 62.6. The van der Waals surface area contributed by atoms with Gasteiger partial charge in [-0.25, -0.2) is 0 Å². The Labute approximate surface area is 468 Å². The number of carbonyl (C=O) groups is 8. The first-order valence-corrected chi connectivity index (χ1v) is 25.9. The van der Waals surface area contributed by atoms with E-state index < -0.39 is 122 Å². The quantitative estimate of drug-likeness (QED) is 0.0287. The van der Waals surface area contributed by atoms with Gasteiger partial charge in [-0.1, -0.05) is 95.4 Å². The largest absolute Gasteiger partial charge is 1.00 e. The van der Waals surface area contributed by atoms with Gasteiger partial charge in [-0.3, -0.25) is 38.4 Å². The van der Waals surface area contributed by atoms with Crippen molar-refractivity contribution in [2.45, 2.75) is 151 Å². The molecule has 0 aromatic carbocycles. The fourth-order valence-electron chi connectivity index (χ4n) is 4.61. The van der Waals surface area contributed by atoms with E-state index in [1.807, 2.05) is 38.3 Å².